The highest BCUT2D eigenvalue weighted by atomic mass is 16.5. The molecule has 1 saturated heterocycles. The fraction of sp³-hybridized carbons (Fsp3) is 0.636. The first-order chi connectivity index (χ1) is 7.37. The van der Waals surface area contributed by atoms with Gasteiger partial charge in [-0.25, -0.2) is 9.97 Å². The fourth-order valence-electron chi connectivity index (χ4n) is 2.27. The van der Waals surface area contributed by atoms with Gasteiger partial charge in [0.15, 0.2) is 0 Å². The maximum Gasteiger partial charge on any atom is 0.115 e. The lowest BCUT2D eigenvalue weighted by molar-refractivity contribution is 0.0309. The van der Waals surface area contributed by atoms with Crippen LogP contribution in [0.4, 0.5) is 0 Å². The minimum absolute atomic E-state index is 0.0499. The summed E-state index contributed by atoms with van der Waals surface area (Å²) in [5, 5.41) is 0. The number of aromatic nitrogens is 2. The first-order valence-electron chi connectivity index (χ1n) is 5.41. The Kier molecular flexibility index (Phi) is 3.28. The molecule has 0 amide bonds. The Hall–Kier alpha value is -1.00. The summed E-state index contributed by atoms with van der Waals surface area (Å²) in [6.07, 6.45) is 8.49. The molecule has 0 bridgehead atoms. The summed E-state index contributed by atoms with van der Waals surface area (Å²) in [6, 6.07) is 0. The van der Waals surface area contributed by atoms with E-state index in [4.69, 9.17) is 10.5 Å². The molecule has 2 heterocycles. The molecule has 0 radical (unpaired) electrons. The Morgan fingerprint density at radius 3 is 2.80 bits per heavy atom. The van der Waals surface area contributed by atoms with Crippen molar-refractivity contribution in [1.29, 1.82) is 0 Å². The van der Waals surface area contributed by atoms with Crippen molar-refractivity contribution >= 4 is 0 Å². The summed E-state index contributed by atoms with van der Waals surface area (Å²) in [5.74, 6) is 0. The molecule has 1 aliphatic heterocycles. The molecule has 1 atom stereocenters. The zero-order chi connectivity index (χ0) is 10.6. The lowest BCUT2D eigenvalue weighted by Gasteiger charge is -2.36. The molecule has 0 saturated carbocycles. The van der Waals surface area contributed by atoms with Crippen molar-refractivity contribution < 1.29 is 4.74 Å². The van der Waals surface area contributed by atoms with Crippen molar-refractivity contribution in [3.05, 3.63) is 24.3 Å². The minimum Gasteiger partial charge on any atom is -0.381 e. The van der Waals surface area contributed by atoms with E-state index in [9.17, 15) is 0 Å². The van der Waals surface area contributed by atoms with Gasteiger partial charge in [0.25, 0.3) is 0 Å². The third-order valence-electron chi connectivity index (χ3n) is 3.12. The van der Waals surface area contributed by atoms with Gasteiger partial charge in [-0.1, -0.05) is 0 Å². The minimum atomic E-state index is 0.0499. The van der Waals surface area contributed by atoms with Crippen molar-refractivity contribution in [1.82, 2.24) is 9.97 Å². The van der Waals surface area contributed by atoms with E-state index in [1.54, 1.807) is 6.33 Å². The van der Waals surface area contributed by atoms with Gasteiger partial charge < -0.3 is 10.5 Å². The smallest absolute Gasteiger partial charge is 0.115 e. The Morgan fingerprint density at radius 2 is 2.20 bits per heavy atom. The Balaban J connectivity index is 2.25. The van der Waals surface area contributed by atoms with Crippen LogP contribution in [0.1, 0.15) is 24.8 Å². The van der Waals surface area contributed by atoms with Crippen LogP contribution >= 0.6 is 0 Å². The molecule has 2 rings (SSSR count). The van der Waals surface area contributed by atoms with Gasteiger partial charge in [-0.3, -0.25) is 0 Å². The zero-order valence-corrected chi connectivity index (χ0v) is 8.85. The van der Waals surface area contributed by atoms with Crippen LogP contribution in [0.5, 0.6) is 0 Å². The van der Waals surface area contributed by atoms with Gasteiger partial charge in [-0.05, 0) is 31.4 Å². The number of hydrogen-bond acceptors (Lipinski definition) is 4. The predicted octanol–water partition coefficient (Wildman–Crippen LogP) is 0.874. The van der Waals surface area contributed by atoms with Gasteiger partial charge in [-0.15, -0.1) is 0 Å². The van der Waals surface area contributed by atoms with Crippen LogP contribution in [0.3, 0.4) is 0 Å². The molecule has 1 fully saturated rings. The van der Waals surface area contributed by atoms with Gasteiger partial charge in [0.1, 0.15) is 6.33 Å². The predicted molar refractivity (Wildman–Crippen MR) is 57.4 cm³/mol. The van der Waals surface area contributed by atoms with Crippen LogP contribution in [-0.4, -0.2) is 29.7 Å². The normalized spacial score (nSPS) is 26.5. The number of ether oxygens (including phenoxy) is 1. The van der Waals surface area contributed by atoms with Crippen molar-refractivity contribution in [2.75, 3.05) is 19.8 Å². The lowest BCUT2D eigenvalue weighted by atomic mass is 9.75. The number of nitrogens with zero attached hydrogens (tertiary/aromatic N) is 2. The summed E-state index contributed by atoms with van der Waals surface area (Å²) in [5.41, 5.74) is 6.90. The average Bonchev–Trinajstić information content (AvgIpc) is 2.32. The molecule has 1 aromatic rings. The van der Waals surface area contributed by atoms with Gasteiger partial charge >= 0.3 is 0 Å². The monoisotopic (exact) mass is 207 g/mol. The van der Waals surface area contributed by atoms with Gasteiger partial charge in [0.2, 0.25) is 0 Å². The Morgan fingerprint density at radius 1 is 1.40 bits per heavy atom. The Labute approximate surface area is 89.9 Å². The van der Waals surface area contributed by atoms with E-state index < -0.39 is 0 Å². The third-order valence-corrected chi connectivity index (χ3v) is 3.12. The zero-order valence-electron chi connectivity index (χ0n) is 8.85. The van der Waals surface area contributed by atoms with E-state index in [0.717, 1.165) is 38.0 Å². The molecule has 4 nitrogen and oxygen atoms in total. The molecular weight excluding hydrogens is 190 g/mol. The van der Waals surface area contributed by atoms with E-state index >= 15 is 0 Å². The first kappa shape index (κ1) is 10.5. The van der Waals surface area contributed by atoms with Crippen LogP contribution in [0.2, 0.25) is 0 Å². The van der Waals surface area contributed by atoms with Crippen LogP contribution < -0.4 is 5.73 Å². The molecule has 2 N–H and O–H groups in total. The quantitative estimate of drug-likeness (QED) is 0.799. The largest absolute Gasteiger partial charge is 0.381 e. The maximum absolute atomic E-state index is 5.69. The second-order valence-electron chi connectivity index (χ2n) is 4.10. The topological polar surface area (TPSA) is 61.0 Å². The maximum atomic E-state index is 5.69. The SMILES string of the molecule is NCCC1(c2cncnc2)CCCOC1. The van der Waals surface area contributed by atoms with E-state index in [0.29, 0.717) is 6.54 Å². The molecule has 0 spiro atoms. The van der Waals surface area contributed by atoms with Crippen LogP contribution in [0.15, 0.2) is 18.7 Å². The van der Waals surface area contributed by atoms with Gasteiger partial charge in [0, 0.05) is 24.4 Å². The van der Waals surface area contributed by atoms with Crippen molar-refractivity contribution in [3.8, 4) is 0 Å². The molecule has 0 aliphatic carbocycles. The van der Waals surface area contributed by atoms with Crippen molar-refractivity contribution in [3.63, 3.8) is 0 Å². The molecule has 0 aromatic carbocycles. The van der Waals surface area contributed by atoms with E-state index in [-0.39, 0.29) is 5.41 Å². The molecule has 1 aromatic heterocycles. The number of hydrogen-bond donors (Lipinski definition) is 1. The van der Waals surface area contributed by atoms with Gasteiger partial charge in [0.05, 0.1) is 6.61 Å². The van der Waals surface area contributed by atoms with E-state index in [1.165, 1.54) is 0 Å². The summed E-state index contributed by atoms with van der Waals surface area (Å²) >= 11 is 0. The number of nitrogens with two attached hydrogens (primary N) is 1. The average molecular weight is 207 g/mol. The molecule has 82 valence electrons. The first-order valence-corrected chi connectivity index (χ1v) is 5.41. The van der Waals surface area contributed by atoms with Crippen LogP contribution in [-0.2, 0) is 10.2 Å². The summed E-state index contributed by atoms with van der Waals surface area (Å²) in [4.78, 5) is 8.16. The summed E-state index contributed by atoms with van der Waals surface area (Å²) < 4.78 is 5.58. The Bertz CT molecular complexity index is 290. The molecule has 1 unspecified atom stereocenters. The second kappa shape index (κ2) is 4.68. The van der Waals surface area contributed by atoms with E-state index in [2.05, 4.69) is 9.97 Å². The highest BCUT2D eigenvalue weighted by molar-refractivity contribution is 5.19. The second-order valence-corrected chi connectivity index (χ2v) is 4.10. The lowest BCUT2D eigenvalue weighted by Crippen LogP contribution is -2.38. The molecule has 4 heteroatoms. The van der Waals surface area contributed by atoms with Crippen LogP contribution in [0.25, 0.3) is 0 Å². The molecule has 15 heavy (non-hydrogen) atoms. The standard InChI is InChI=1S/C11H17N3O/c12-4-3-11(2-1-5-15-8-11)10-6-13-9-14-7-10/h6-7,9H,1-5,8,12H2. The van der Waals surface area contributed by atoms with E-state index in [1.807, 2.05) is 12.4 Å². The molecular formula is C11H17N3O. The van der Waals surface area contributed by atoms with Gasteiger partial charge in [-0.2, -0.15) is 0 Å². The van der Waals surface area contributed by atoms with Crippen molar-refractivity contribution in [2.45, 2.75) is 24.7 Å². The fourth-order valence-corrected chi connectivity index (χ4v) is 2.27. The summed E-state index contributed by atoms with van der Waals surface area (Å²) in [6.45, 7) is 2.29. The third kappa shape index (κ3) is 2.16. The highest BCUT2D eigenvalue weighted by Crippen LogP contribution is 2.35. The van der Waals surface area contributed by atoms with Crippen LogP contribution in [0, 0.1) is 0 Å². The van der Waals surface area contributed by atoms with Crippen molar-refractivity contribution in [2.24, 2.45) is 5.73 Å². The molecule has 1 aliphatic rings. The number of rotatable bonds is 3. The highest BCUT2D eigenvalue weighted by Gasteiger charge is 2.34. The summed E-state index contributed by atoms with van der Waals surface area (Å²) in [7, 11) is 0.